The van der Waals surface area contributed by atoms with Crippen LogP contribution in [0.2, 0.25) is 0 Å². The zero-order chi connectivity index (χ0) is 14.0. The Labute approximate surface area is 111 Å². The molecule has 104 valence electrons. The number of hydrogen-bond acceptors (Lipinski definition) is 5. The molecule has 1 heterocycles. The lowest BCUT2D eigenvalue weighted by atomic mass is 9.88. The first-order chi connectivity index (χ1) is 9.06. The summed E-state index contributed by atoms with van der Waals surface area (Å²) in [6, 6.07) is -0.184. The second kappa shape index (κ2) is 5.50. The SMILES string of the molecule is COC(=O)C1CC(=O)N(C2CCCCC2)C(=O)C1=O. The van der Waals surface area contributed by atoms with Crippen molar-refractivity contribution in [2.45, 2.75) is 44.6 Å². The lowest BCUT2D eigenvalue weighted by Gasteiger charge is -2.35. The molecule has 1 aliphatic heterocycles. The lowest BCUT2D eigenvalue weighted by Crippen LogP contribution is -2.55. The average molecular weight is 267 g/mol. The number of Topliss-reactive ketones (excluding diaryl/α,β-unsaturated/α-hetero) is 1. The van der Waals surface area contributed by atoms with Crippen LogP contribution in [0.25, 0.3) is 0 Å². The van der Waals surface area contributed by atoms with E-state index < -0.39 is 29.5 Å². The van der Waals surface area contributed by atoms with Gasteiger partial charge < -0.3 is 4.74 Å². The fourth-order valence-electron chi connectivity index (χ4n) is 2.79. The van der Waals surface area contributed by atoms with E-state index >= 15 is 0 Å². The number of ketones is 1. The summed E-state index contributed by atoms with van der Waals surface area (Å²) in [5.74, 6) is -4.18. The Bertz CT molecular complexity index is 425. The Kier molecular flexibility index (Phi) is 3.97. The van der Waals surface area contributed by atoms with E-state index in [1.54, 1.807) is 0 Å². The van der Waals surface area contributed by atoms with Crippen LogP contribution in [0.5, 0.6) is 0 Å². The Hall–Kier alpha value is -1.72. The summed E-state index contributed by atoms with van der Waals surface area (Å²) in [5.41, 5.74) is 0. The van der Waals surface area contributed by atoms with Crippen LogP contribution >= 0.6 is 0 Å². The minimum Gasteiger partial charge on any atom is -0.468 e. The van der Waals surface area contributed by atoms with Crippen molar-refractivity contribution in [1.82, 2.24) is 4.90 Å². The summed E-state index contributed by atoms with van der Waals surface area (Å²) in [5, 5.41) is 0. The highest BCUT2D eigenvalue weighted by atomic mass is 16.5. The number of carbonyl (C=O) groups is 4. The molecule has 1 atom stereocenters. The first-order valence-electron chi connectivity index (χ1n) is 6.54. The van der Waals surface area contributed by atoms with Gasteiger partial charge in [-0.1, -0.05) is 19.3 Å². The molecule has 2 fully saturated rings. The molecule has 1 aliphatic carbocycles. The minimum atomic E-state index is -1.26. The van der Waals surface area contributed by atoms with Gasteiger partial charge in [0.25, 0.3) is 5.91 Å². The number of methoxy groups -OCH3 is 1. The zero-order valence-electron chi connectivity index (χ0n) is 10.9. The van der Waals surface area contributed by atoms with Crippen LogP contribution in [0.15, 0.2) is 0 Å². The van der Waals surface area contributed by atoms with Crippen molar-refractivity contribution in [3.63, 3.8) is 0 Å². The van der Waals surface area contributed by atoms with Crippen LogP contribution in [0.4, 0.5) is 0 Å². The summed E-state index contributed by atoms with van der Waals surface area (Å²) in [6.07, 6.45) is 4.23. The van der Waals surface area contributed by atoms with E-state index in [1.165, 1.54) is 0 Å². The smallest absolute Gasteiger partial charge is 0.317 e. The van der Waals surface area contributed by atoms with Gasteiger partial charge in [-0.15, -0.1) is 0 Å². The molecular weight excluding hydrogens is 250 g/mol. The number of likely N-dealkylation sites (tertiary alicyclic amines) is 1. The largest absolute Gasteiger partial charge is 0.468 e. The molecule has 0 N–H and O–H groups in total. The molecule has 2 amide bonds. The lowest BCUT2D eigenvalue weighted by molar-refractivity contribution is -0.167. The van der Waals surface area contributed by atoms with E-state index in [9.17, 15) is 19.2 Å². The molecule has 2 aliphatic rings. The maximum atomic E-state index is 12.0. The van der Waals surface area contributed by atoms with Gasteiger partial charge in [-0.2, -0.15) is 0 Å². The van der Waals surface area contributed by atoms with Gasteiger partial charge in [0.1, 0.15) is 5.92 Å². The normalized spacial score (nSPS) is 25.6. The van der Waals surface area contributed by atoms with E-state index in [0.29, 0.717) is 0 Å². The highest BCUT2D eigenvalue weighted by Gasteiger charge is 2.46. The molecule has 0 aromatic rings. The molecule has 6 heteroatoms. The molecule has 1 saturated carbocycles. The number of nitrogens with zero attached hydrogens (tertiary/aromatic N) is 1. The zero-order valence-corrected chi connectivity index (χ0v) is 10.9. The van der Waals surface area contributed by atoms with E-state index in [-0.39, 0.29) is 12.5 Å². The molecule has 6 nitrogen and oxygen atoms in total. The summed E-state index contributed by atoms with van der Waals surface area (Å²) >= 11 is 0. The number of piperidine rings is 1. The number of imide groups is 1. The van der Waals surface area contributed by atoms with Gasteiger partial charge >= 0.3 is 5.97 Å². The van der Waals surface area contributed by atoms with Crippen molar-refractivity contribution < 1.29 is 23.9 Å². The van der Waals surface area contributed by atoms with Crippen LogP contribution in [-0.4, -0.2) is 41.6 Å². The monoisotopic (exact) mass is 267 g/mol. The van der Waals surface area contributed by atoms with Crippen LogP contribution in [0, 0.1) is 5.92 Å². The number of amides is 2. The van der Waals surface area contributed by atoms with E-state index in [0.717, 1.165) is 44.1 Å². The second-order valence-electron chi connectivity index (χ2n) is 5.00. The predicted molar refractivity (Wildman–Crippen MR) is 63.9 cm³/mol. The molecular formula is C13H17NO5. The summed E-state index contributed by atoms with van der Waals surface area (Å²) < 4.78 is 4.45. The highest BCUT2D eigenvalue weighted by Crippen LogP contribution is 2.27. The molecule has 0 aromatic carbocycles. The Morgan fingerprint density at radius 1 is 1.16 bits per heavy atom. The standard InChI is InChI=1S/C13H17NO5/c1-19-13(18)9-7-10(15)14(12(17)11(9)16)8-5-3-2-4-6-8/h8-9H,2-7H2,1H3. The van der Waals surface area contributed by atoms with E-state index in [2.05, 4.69) is 4.74 Å². The fourth-order valence-corrected chi connectivity index (χ4v) is 2.79. The van der Waals surface area contributed by atoms with Crippen LogP contribution < -0.4 is 0 Å². The first kappa shape index (κ1) is 13.7. The molecule has 19 heavy (non-hydrogen) atoms. The Morgan fingerprint density at radius 2 is 1.79 bits per heavy atom. The van der Waals surface area contributed by atoms with Crippen molar-refractivity contribution in [2.75, 3.05) is 7.11 Å². The van der Waals surface area contributed by atoms with Crippen LogP contribution in [-0.2, 0) is 23.9 Å². The third kappa shape index (κ3) is 2.52. The van der Waals surface area contributed by atoms with E-state index in [4.69, 9.17) is 0 Å². The van der Waals surface area contributed by atoms with Gasteiger partial charge in [0.15, 0.2) is 0 Å². The molecule has 0 radical (unpaired) electrons. The maximum Gasteiger partial charge on any atom is 0.317 e. The van der Waals surface area contributed by atoms with E-state index in [1.807, 2.05) is 0 Å². The van der Waals surface area contributed by atoms with Crippen LogP contribution in [0.1, 0.15) is 38.5 Å². The van der Waals surface area contributed by atoms with Gasteiger partial charge in [-0.05, 0) is 12.8 Å². The highest BCUT2D eigenvalue weighted by molar-refractivity contribution is 6.44. The molecule has 0 spiro atoms. The second-order valence-corrected chi connectivity index (χ2v) is 5.00. The fraction of sp³-hybridized carbons (Fsp3) is 0.692. The molecule has 1 unspecified atom stereocenters. The van der Waals surface area contributed by atoms with Crippen molar-refractivity contribution in [3.8, 4) is 0 Å². The summed E-state index contributed by atoms with van der Waals surface area (Å²) in [4.78, 5) is 48.4. The van der Waals surface area contributed by atoms with Crippen molar-refractivity contribution in [2.24, 2.45) is 5.92 Å². The molecule has 0 aromatic heterocycles. The van der Waals surface area contributed by atoms with Gasteiger partial charge in [0.05, 0.1) is 7.11 Å². The molecule has 0 bridgehead atoms. The topological polar surface area (TPSA) is 80.8 Å². The van der Waals surface area contributed by atoms with Crippen LogP contribution in [0.3, 0.4) is 0 Å². The summed E-state index contributed by atoms with van der Waals surface area (Å²) in [6.45, 7) is 0. The van der Waals surface area contributed by atoms with Gasteiger partial charge in [-0.25, -0.2) is 0 Å². The first-order valence-corrected chi connectivity index (χ1v) is 6.54. The quantitative estimate of drug-likeness (QED) is 0.314. The maximum absolute atomic E-state index is 12.0. The minimum absolute atomic E-state index is 0.184. The third-order valence-corrected chi connectivity index (χ3v) is 3.82. The number of rotatable bonds is 2. The molecule has 1 saturated heterocycles. The summed E-state index contributed by atoms with van der Waals surface area (Å²) in [7, 11) is 1.14. The third-order valence-electron chi connectivity index (χ3n) is 3.82. The van der Waals surface area contributed by atoms with Crippen molar-refractivity contribution >= 4 is 23.6 Å². The number of esters is 1. The molecule has 2 rings (SSSR count). The number of ether oxygens (including phenoxy) is 1. The number of hydrogen-bond donors (Lipinski definition) is 0. The van der Waals surface area contributed by atoms with Gasteiger partial charge in [0, 0.05) is 12.5 Å². The van der Waals surface area contributed by atoms with Gasteiger partial charge in [0.2, 0.25) is 11.7 Å². The Morgan fingerprint density at radius 3 is 2.37 bits per heavy atom. The van der Waals surface area contributed by atoms with Crippen molar-refractivity contribution in [1.29, 1.82) is 0 Å². The Balaban J connectivity index is 2.16. The average Bonchev–Trinajstić information content (AvgIpc) is 2.43. The van der Waals surface area contributed by atoms with Gasteiger partial charge in [-0.3, -0.25) is 24.1 Å². The van der Waals surface area contributed by atoms with Crippen molar-refractivity contribution in [3.05, 3.63) is 0 Å². The number of carbonyl (C=O) groups excluding carboxylic acids is 4. The predicted octanol–water partition coefficient (Wildman–Crippen LogP) is 0.436.